The number of nitrogens with two attached hydrogens (primary N) is 1. The maximum Gasteiger partial charge on any atom is 0.123 e. The molecule has 0 aliphatic heterocycles. The van der Waals surface area contributed by atoms with Gasteiger partial charge in [0.2, 0.25) is 0 Å². The van der Waals surface area contributed by atoms with Crippen molar-refractivity contribution in [3.8, 4) is 0 Å². The number of hydrogen-bond acceptors (Lipinski definition) is 4. The molecule has 0 radical (unpaired) electrons. The average molecular weight is 223 g/mol. The number of aromatic nitrogens is 1. The maximum absolute atomic E-state index is 5.54. The molecule has 2 N–H and O–H groups in total. The third-order valence-corrected chi connectivity index (χ3v) is 2.62. The molecule has 1 aromatic rings. The van der Waals surface area contributed by atoms with Crippen LogP contribution in [0, 0.1) is 0 Å². The maximum atomic E-state index is 5.54. The molecule has 16 heavy (non-hydrogen) atoms. The summed E-state index contributed by atoms with van der Waals surface area (Å²) in [5.74, 6) is 0.579. The molecular formula is C12H21N3O. The normalized spacial score (nSPS) is 10.9. The van der Waals surface area contributed by atoms with Gasteiger partial charge in [0, 0.05) is 26.4 Å². The predicted molar refractivity (Wildman–Crippen MR) is 66.3 cm³/mol. The molecule has 0 saturated heterocycles. The van der Waals surface area contributed by atoms with Gasteiger partial charge in [-0.05, 0) is 24.6 Å². The molecule has 0 aliphatic carbocycles. The van der Waals surface area contributed by atoms with Crippen molar-refractivity contribution in [1.29, 1.82) is 0 Å². The molecular weight excluding hydrogens is 202 g/mol. The van der Waals surface area contributed by atoms with Gasteiger partial charge in [-0.1, -0.05) is 13.0 Å². The highest BCUT2D eigenvalue weighted by Gasteiger charge is 2.02. The Kier molecular flexibility index (Phi) is 5.82. The molecule has 1 aromatic heterocycles. The van der Waals surface area contributed by atoms with Crippen LogP contribution >= 0.6 is 0 Å². The third kappa shape index (κ3) is 4.59. The fourth-order valence-corrected chi connectivity index (χ4v) is 1.52. The summed E-state index contributed by atoms with van der Waals surface area (Å²) in [6.07, 6.45) is 2.85. The fourth-order valence-electron chi connectivity index (χ4n) is 1.52. The number of nitrogen functional groups attached to an aromatic ring is 1. The van der Waals surface area contributed by atoms with E-state index in [2.05, 4.69) is 16.8 Å². The summed E-state index contributed by atoms with van der Waals surface area (Å²) in [7, 11) is 1.73. The Morgan fingerprint density at radius 2 is 2.19 bits per heavy atom. The summed E-state index contributed by atoms with van der Waals surface area (Å²) in [5.41, 5.74) is 6.76. The minimum atomic E-state index is 0.579. The van der Waals surface area contributed by atoms with E-state index >= 15 is 0 Å². The highest BCUT2D eigenvalue weighted by Crippen LogP contribution is 2.03. The van der Waals surface area contributed by atoms with Crippen molar-refractivity contribution in [1.82, 2.24) is 9.88 Å². The van der Waals surface area contributed by atoms with Crippen LogP contribution in [0.5, 0.6) is 0 Å². The lowest BCUT2D eigenvalue weighted by Gasteiger charge is -2.19. The molecule has 0 amide bonds. The first-order valence-corrected chi connectivity index (χ1v) is 5.68. The largest absolute Gasteiger partial charge is 0.384 e. The van der Waals surface area contributed by atoms with Gasteiger partial charge in [-0.15, -0.1) is 0 Å². The summed E-state index contributed by atoms with van der Waals surface area (Å²) in [5, 5.41) is 0. The number of pyridine rings is 1. The van der Waals surface area contributed by atoms with Crippen LogP contribution in [0.2, 0.25) is 0 Å². The Morgan fingerprint density at radius 1 is 1.38 bits per heavy atom. The van der Waals surface area contributed by atoms with E-state index in [1.165, 1.54) is 5.56 Å². The van der Waals surface area contributed by atoms with E-state index in [0.29, 0.717) is 5.82 Å². The summed E-state index contributed by atoms with van der Waals surface area (Å²) >= 11 is 0. The third-order valence-electron chi connectivity index (χ3n) is 2.62. The van der Waals surface area contributed by atoms with Gasteiger partial charge in [-0.2, -0.15) is 0 Å². The van der Waals surface area contributed by atoms with Crippen molar-refractivity contribution < 1.29 is 4.74 Å². The molecule has 4 heteroatoms. The van der Waals surface area contributed by atoms with Gasteiger partial charge < -0.3 is 15.4 Å². The zero-order valence-corrected chi connectivity index (χ0v) is 10.1. The van der Waals surface area contributed by atoms with Crippen molar-refractivity contribution in [2.45, 2.75) is 13.3 Å². The van der Waals surface area contributed by atoms with E-state index in [9.17, 15) is 0 Å². The second-order valence-electron chi connectivity index (χ2n) is 3.77. The van der Waals surface area contributed by atoms with Gasteiger partial charge in [-0.3, -0.25) is 0 Å². The Bertz CT molecular complexity index is 287. The van der Waals surface area contributed by atoms with E-state index in [4.69, 9.17) is 10.5 Å². The standard InChI is InChI=1S/C12H21N3O/c1-3-15(8-9-16-2)7-6-11-4-5-12(13)14-10-11/h4-5,10H,3,6-9H2,1-2H3,(H2,13,14). The van der Waals surface area contributed by atoms with Crippen molar-refractivity contribution in [2.24, 2.45) is 0 Å². The van der Waals surface area contributed by atoms with E-state index < -0.39 is 0 Å². The number of rotatable bonds is 7. The predicted octanol–water partition coefficient (Wildman–Crippen LogP) is 1.17. The molecule has 0 bridgehead atoms. The quantitative estimate of drug-likeness (QED) is 0.754. The van der Waals surface area contributed by atoms with Crippen LogP contribution in [0.15, 0.2) is 18.3 Å². The molecule has 4 nitrogen and oxygen atoms in total. The zero-order chi connectivity index (χ0) is 11.8. The second-order valence-corrected chi connectivity index (χ2v) is 3.77. The lowest BCUT2D eigenvalue weighted by molar-refractivity contribution is 0.151. The molecule has 0 spiro atoms. The summed E-state index contributed by atoms with van der Waals surface area (Å²) < 4.78 is 5.07. The van der Waals surface area contributed by atoms with Crippen LogP contribution in [0.1, 0.15) is 12.5 Å². The molecule has 0 fully saturated rings. The highest BCUT2D eigenvalue weighted by atomic mass is 16.5. The van der Waals surface area contributed by atoms with Crippen LogP contribution in [-0.2, 0) is 11.2 Å². The van der Waals surface area contributed by atoms with E-state index in [-0.39, 0.29) is 0 Å². The number of methoxy groups -OCH3 is 1. The van der Waals surface area contributed by atoms with E-state index in [1.54, 1.807) is 7.11 Å². The molecule has 0 aliphatic rings. The van der Waals surface area contributed by atoms with E-state index in [1.807, 2.05) is 18.3 Å². The van der Waals surface area contributed by atoms with Crippen LogP contribution in [0.3, 0.4) is 0 Å². The Balaban J connectivity index is 2.34. The molecule has 0 atom stereocenters. The molecule has 0 unspecified atom stereocenters. The van der Waals surface area contributed by atoms with E-state index in [0.717, 1.165) is 32.7 Å². The number of anilines is 1. The second kappa shape index (κ2) is 7.19. The number of hydrogen-bond donors (Lipinski definition) is 1. The summed E-state index contributed by atoms with van der Waals surface area (Å²) in [4.78, 5) is 6.44. The van der Waals surface area contributed by atoms with Crippen LogP contribution in [0.25, 0.3) is 0 Å². The van der Waals surface area contributed by atoms with Crippen molar-refractivity contribution >= 4 is 5.82 Å². The number of likely N-dealkylation sites (N-methyl/N-ethyl adjacent to an activating group) is 1. The van der Waals surface area contributed by atoms with Gasteiger partial charge in [0.15, 0.2) is 0 Å². The lowest BCUT2D eigenvalue weighted by Crippen LogP contribution is -2.29. The van der Waals surface area contributed by atoms with Crippen LogP contribution < -0.4 is 5.73 Å². The Morgan fingerprint density at radius 3 is 2.75 bits per heavy atom. The van der Waals surface area contributed by atoms with Gasteiger partial charge in [0.05, 0.1) is 6.61 Å². The van der Waals surface area contributed by atoms with Gasteiger partial charge in [-0.25, -0.2) is 4.98 Å². The molecule has 0 aromatic carbocycles. The lowest BCUT2D eigenvalue weighted by atomic mass is 10.2. The van der Waals surface area contributed by atoms with Crippen molar-refractivity contribution in [3.05, 3.63) is 23.9 Å². The van der Waals surface area contributed by atoms with Gasteiger partial charge >= 0.3 is 0 Å². The summed E-state index contributed by atoms with van der Waals surface area (Å²) in [6.45, 7) is 6.01. The Labute approximate surface area is 97.4 Å². The SMILES string of the molecule is CCN(CCOC)CCc1ccc(N)nc1. The number of nitrogens with zero attached hydrogens (tertiary/aromatic N) is 2. The van der Waals surface area contributed by atoms with Gasteiger partial charge in [0.1, 0.15) is 5.82 Å². The number of ether oxygens (including phenoxy) is 1. The monoisotopic (exact) mass is 223 g/mol. The summed E-state index contributed by atoms with van der Waals surface area (Å²) in [6, 6.07) is 3.88. The van der Waals surface area contributed by atoms with Crippen LogP contribution in [-0.4, -0.2) is 43.2 Å². The molecule has 0 saturated carbocycles. The molecule has 90 valence electrons. The minimum absolute atomic E-state index is 0.579. The molecule has 1 rings (SSSR count). The highest BCUT2D eigenvalue weighted by molar-refractivity contribution is 5.29. The first-order chi connectivity index (χ1) is 7.76. The zero-order valence-electron chi connectivity index (χ0n) is 10.1. The first kappa shape index (κ1) is 12.9. The minimum Gasteiger partial charge on any atom is -0.384 e. The molecule has 1 heterocycles. The topological polar surface area (TPSA) is 51.4 Å². The smallest absolute Gasteiger partial charge is 0.123 e. The van der Waals surface area contributed by atoms with Crippen molar-refractivity contribution in [2.75, 3.05) is 39.1 Å². The first-order valence-electron chi connectivity index (χ1n) is 5.68. The Hall–Kier alpha value is -1.13. The fraction of sp³-hybridized carbons (Fsp3) is 0.583. The average Bonchev–Trinajstić information content (AvgIpc) is 2.32. The van der Waals surface area contributed by atoms with Crippen molar-refractivity contribution in [3.63, 3.8) is 0 Å². The van der Waals surface area contributed by atoms with Crippen LogP contribution in [0.4, 0.5) is 5.82 Å². The van der Waals surface area contributed by atoms with Gasteiger partial charge in [0.25, 0.3) is 0 Å².